The summed E-state index contributed by atoms with van der Waals surface area (Å²) in [4.78, 5) is 32.6. The minimum Gasteiger partial charge on any atom is -0.368 e. The highest BCUT2D eigenvalue weighted by atomic mass is 79.9. The van der Waals surface area contributed by atoms with Crippen LogP contribution < -0.4 is 21.3 Å². The molecule has 1 aromatic heterocycles. The van der Waals surface area contributed by atoms with Crippen molar-refractivity contribution in [2.45, 2.75) is 13.8 Å². The van der Waals surface area contributed by atoms with Crippen molar-refractivity contribution >= 4 is 51.0 Å². The maximum atomic E-state index is 12.4. The number of anilines is 2. The molecule has 0 saturated carbocycles. The molecule has 0 radical (unpaired) electrons. The number of carbonyl (C=O) groups excluding carboxylic acids is 2. The van der Waals surface area contributed by atoms with Crippen molar-refractivity contribution < 1.29 is 9.59 Å². The van der Waals surface area contributed by atoms with Crippen molar-refractivity contribution in [3.63, 3.8) is 0 Å². The first-order chi connectivity index (χ1) is 16.3. The molecular formula is C24H26BrClN6O2. The van der Waals surface area contributed by atoms with Gasteiger partial charge in [-0.1, -0.05) is 27.5 Å². The van der Waals surface area contributed by atoms with Gasteiger partial charge in [-0.15, -0.1) is 0 Å². The average Bonchev–Trinajstić information content (AvgIpc) is 2.81. The van der Waals surface area contributed by atoms with Gasteiger partial charge < -0.3 is 21.3 Å². The molecule has 10 heteroatoms. The Morgan fingerprint density at radius 2 is 1.50 bits per heavy atom. The molecule has 3 aromatic rings. The van der Waals surface area contributed by atoms with Crippen LogP contribution in [0.3, 0.4) is 0 Å². The maximum absolute atomic E-state index is 12.4. The van der Waals surface area contributed by atoms with Crippen molar-refractivity contribution in [3.8, 4) is 11.4 Å². The topological polar surface area (TPSA) is 108 Å². The number of rotatable bonds is 10. The number of hydrogen-bond donors (Lipinski definition) is 4. The summed E-state index contributed by atoms with van der Waals surface area (Å²) in [6, 6.07) is 14.5. The first-order valence-electron chi connectivity index (χ1n) is 10.7. The lowest BCUT2D eigenvalue weighted by Crippen LogP contribution is -2.29. The van der Waals surface area contributed by atoms with Gasteiger partial charge in [0.2, 0.25) is 5.91 Å². The van der Waals surface area contributed by atoms with Crippen LogP contribution in [0.5, 0.6) is 0 Å². The summed E-state index contributed by atoms with van der Waals surface area (Å²) in [5.41, 5.74) is 2.43. The van der Waals surface area contributed by atoms with Crippen LogP contribution in [-0.2, 0) is 4.79 Å². The molecule has 0 aliphatic carbocycles. The van der Waals surface area contributed by atoms with Crippen LogP contribution in [0.2, 0.25) is 5.02 Å². The zero-order chi connectivity index (χ0) is 24.5. The minimum atomic E-state index is -0.137. The summed E-state index contributed by atoms with van der Waals surface area (Å²) >= 11 is 9.45. The third kappa shape index (κ3) is 7.71. The molecule has 0 saturated heterocycles. The molecule has 34 heavy (non-hydrogen) atoms. The zero-order valence-corrected chi connectivity index (χ0v) is 21.3. The monoisotopic (exact) mass is 544 g/mol. The summed E-state index contributed by atoms with van der Waals surface area (Å²) in [6.07, 6.45) is 0. The minimum absolute atomic E-state index is 0.0889. The average molecular weight is 546 g/mol. The number of hydrogen-bond acceptors (Lipinski definition) is 6. The van der Waals surface area contributed by atoms with E-state index < -0.39 is 0 Å². The molecular weight excluding hydrogens is 520 g/mol. The fourth-order valence-corrected chi connectivity index (χ4v) is 3.41. The molecule has 0 aliphatic heterocycles. The fraction of sp³-hybridized carbons (Fsp3) is 0.250. The summed E-state index contributed by atoms with van der Waals surface area (Å²) < 4.78 is 0.965. The molecule has 0 spiro atoms. The molecule has 0 unspecified atom stereocenters. The molecule has 0 aliphatic rings. The van der Waals surface area contributed by atoms with Crippen LogP contribution in [0.4, 0.5) is 11.6 Å². The highest BCUT2D eigenvalue weighted by Gasteiger charge is 2.09. The van der Waals surface area contributed by atoms with Crippen LogP contribution in [0.1, 0.15) is 22.8 Å². The van der Waals surface area contributed by atoms with Crippen molar-refractivity contribution in [2.75, 3.05) is 36.8 Å². The van der Waals surface area contributed by atoms with Gasteiger partial charge in [-0.25, -0.2) is 9.97 Å². The summed E-state index contributed by atoms with van der Waals surface area (Å²) in [5.74, 6) is 1.52. The molecule has 0 bridgehead atoms. The predicted octanol–water partition coefficient (Wildman–Crippen LogP) is 4.26. The number of carbonyl (C=O) groups is 2. The Morgan fingerprint density at radius 3 is 2.09 bits per heavy atom. The Morgan fingerprint density at radius 1 is 0.882 bits per heavy atom. The second-order valence-corrected chi connectivity index (χ2v) is 8.82. The molecule has 3 rings (SSSR count). The van der Waals surface area contributed by atoms with E-state index in [9.17, 15) is 9.59 Å². The normalized spacial score (nSPS) is 10.5. The number of aryl methyl sites for hydroxylation is 1. The molecule has 178 valence electrons. The van der Waals surface area contributed by atoms with Crippen LogP contribution in [0.25, 0.3) is 11.4 Å². The molecule has 1 heterocycles. The van der Waals surface area contributed by atoms with Gasteiger partial charge in [0.15, 0.2) is 5.82 Å². The Kier molecular flexibility index (Phi) is 9.24. The Bertz CT molecular complexity index is 1160. The first kappa shape index (κ1) is 25.5. The van der Waals surface area contributed by atoms with Gasteiger partial charge in [-0.05, 0) is 55.0 Å². The molecule has 0 fully saturated rings. The third-order valence-electron chi connectivity index (χ3n) is 4.77. The van der Waals surface area contributed by atoms with Gasteiger partial charge in [-0.3, -0.25) is 9.59 Å². The number of halogens is 2. The van der Waals surface area contributed by atoms with Gasteiger partial charge in [-0.2, -0.15) is 0 Å². The highest BCUT2D eigenvalue weighted by Crippen LogP contribution is 2.22. The van der Waals surface area contributed by atoms with Crippen LogP contribution in [0, 0.1) is 6.92 Å². The Labute approximate surface area is 212 Å². The summed E-state index contributed by atoms with van der Waals surface area (Å²) in [7, 11) is 0. The smallest absolute Gasteiger partial charge is 0.251 e. The number of benzene rings is 2. The number of amides is 2. The van der Waals surface area contributed by atoms with Gasteiger partial charge in [0.1, 0.15) is 11.6 Å². The van der Waals surface area contributed by atoms with Crippen molar-refractivity contribution in [3.05, 3.63) is 69.2 Å². The lowest BCUT2D eigenvalue weighted by molar-refractivity contribution is -0.118. The van der Waals surface area contributed by atoms with E-state index >= 15 is 0 Å². The Balaban J connectivity index is 1.64. The van der Waals surface area contributed by atoms with Gasteiger partial charge in [0.05, 0.1) is 0 Å². The van der Waals surface area contributed by atoms with Gasteiger partial charge in [0.25, 0.3) is 5.91 Å². The van der Waals surface area contributed by atoms with Crippen molar-refractivity contribution in [2.24, 2.45) is 0 Å². The summed E-state index contributed by atoms with van der Waals surface area (Å²) in [5, 5.41) is 12.7. The van der Waals surface area contributed by atoms with E-state index in [0.717, 1.165) is 15.6 Å². The van der Waals surface area contributed by atoms with Gasteiger partial charge >= 0.3 is 0 Å². The number of nitrogens with zero attached hydrogens (tertiary/aromatic N) is 2. The van der Waals surface area contributed by atoms with Crippen LogP contribution in [-0.4, -0.2) is 48.0 Å². The maximum Gasteiger partial charge on any atom is 0.251 e. The second kappa shape index (κ2) is 12.3. The lowest BCUT2D eigenvalue weighted by Gasteiger charge is -2.12. The number of aromatic nitrogens is 2. The van der Waals surface area contributed by atoms with E-state index in [-0.39, 0.29) is 11.8 Å². The predicted molar refractivity (Wildman–Crippen MR) is 139 cm³/mol. The van der Waals surface area contributed by atoms with E-state index in [2.05, 4.69) is 47.2 Å². The lowest BCUT2D eigenvalue weighted by atomic mass is 10.1. The van der Waals surface area contributed by atoms with E-state index in [1.807, 2.05) is 31.2 Å². The van der Waals surface area contributed by atoms with Crippen molar-refractivity contribution in [1.29, 1.82) is 0 Å². The van der Waals surface area contributed by atoms with E-state index in [1.54, 1.807) is 24.3 Å². The van der Waals surface area contributed by atoms with Crippen LogP contribution in [0.15, 0.2) is 53.0 Å². The quantitative estimate of drug-likeness (QED) is 0.284. The zero-order valence-electron chi connectivity index (χ0n) is 18.9. The molecule has 2 aromatic carbocycles. The Hall–Kier alpha value is -3.17. The molecule has 8 nitrogen and oxygen atoms in total. The van der Waals surface area contributed by atoms with E-state index in [0.29, 0.717) is 54.2 Å². The number of nitrogens with one attached hydrogen (secondary N) is 4. The van der Waals surface area contributed by atoms with Crippen LogP contribution >= 0.6 is 27.5 Å². The SMILES string of the molecule is CC(=O)NCCNc1cc(NCCNC(=O)c2ccc(Br)c(C)c2)nc(-c2ccc(Cl)cc2)n1. The molecule has 0 atom stereocenters. The fourth-order valence-electron chi connectivity index (χ4n) is 3.04. The highest BCUT2D eigenvalue weighted by molar-refractivity contribution is 9.10. The van der Waals surface area contributed by atoms with Crippen molar-refractivity contribution in [1.82, 2.24) is 20.6 Å². The molecule has 4 N–H and O–H groups in total. The third-order valence-corrected chi connectivity index (χ3v) is 5.91. The standard InChI is InChI=1S/C24H26BrClN6O2/c1-15-13-18(5-8-20(15)25)24(34)30-12-11-29-22-14-21(28-10-9-27-16(2)33)31-23(32-22)17-3-6-19(26)7-4-17/h3-8,13-14H,9-12H2,1-2H3,(H,27,33)(H,30,34)(H2,28,29,31,32). The van der Waals surface area contributed by atoms with E-state index in [4.69, 9.17) is 11.6 Å². The van der Waals surface area contributed by atoms with E-state index in [1.165, 1.54) is 6.92 Å². The van der Waals surface area contributed by atoms with Gasteiger partial charge in [0, 0.05) is 59.8 Å². The largest absolute Gasteiger partial charge is 0.368 e. The second-order valence-electron chi connectivity index (χ2n) is 7.53. The summed E-state index contributed by atoms with van der Waals surface area (Å²) in [6.45, 7) is 5.29. The molecule has 2 amide bonds. The first-order valence-corrected chi connectivity index (χ1v) is 11.9.